The second kappa shape index (κ2) is 7.44. The van der Waals surface area contributed by atoms with E-state index in [1.54, 1.807) is 0 Å². The maximum absolute atomic E-state index is 13.7. The van der Waals surface area contributed by atoms with Gasteiger partial charge in [0, 0.05) is 19.1 Å². The lowest BCUT2D eigenvalue weighted by Crippen LogP contribution is -2.47. The molecule has 1 fully saturated rings. The van der Waals surface area contributed by atoms with Gasteiger partial charge in [0.05, 0.1) is 10.0 Å². The Balaban J connectivity index is 0.00000220. The molecular weight excluding hydrogens is 362 g/mol. The smallest absolute Gasteiger partial charge is 0.244 e. The minimum absolute atomic E-state index is 0. The molecule has 1 aliphatic heterocycles. The van der Waals surface area contributed by atoms with Crippen LogP contribution in [0.4, 0.5) is 4.39 Å². The summed E-state index contributed by atoms with van der Waals surface area (Å²) in [6, 6.07) is 2.14. The molecule has 1 aliphatic rings. The second-order valence-corrected chi connectivity index (χ2v) is 7.32. The highest BCUT2D eigenvalue weighted by atomic mass is 35.5. The number of piperidine rings is 1. The molecule has 0 bridgehead atoms. The van der Waals surface area contributed by atoms with Gasteiger partial charge in [0.2, 0.25) is 10.0 Å². The Morgan fingerprint density at radius 3 is 2.62 bits per heavy atom. The van der Waals surface area contributed by atoms with Crippen molar-refractivity contribution in [3.63, 3.8) is 0 Å². The maximum atomic E-state index is 13.7. The van der Waals surface area contributed by atoms with Crippen molar-refractivity contribution in [2.75, 3.05) is 13.1 Å². The van der Waals surface area contributed by atoms with E-state index >= 15 is 0 Å². The quantitative estimate of drug-likeness (QED) is 0.823. The van der Waals surface area contributed by atoms with E-state index in [1.165, 1.54) is 16.4 Å². The van der Waals surface area contributed by atoms with E-state index in [4.69, 9.17) is 28.9 Å². The molecule has 1 saturated heterocycles. The van der Waals surface area contributed by atoms with Crippen LogP contribution in [0.5, 0.6) is 0 Å². The van der Waals surface area contributed by atoms with E-state index in [1.807, 2.05) is 0 Å². The fraction of sp³-hybridized carbons (Fsp3) is 0.500. The summed E-state index contributed by atoms with van der Waals surface area (Å²) < 4.78 is 40.2. The standard InChI is InChI=1S/C12H15Cl2FN2O2S.ClH/c13-9-4-5-10(11(14)12(9)15)20(18,19)17-6-2-1-3-8(17)7-16;/h4-5,8H,1-3,6-7,16H2;1H. The molecule has 1 unspecified atom stereocenters. The molecule has 9 heteroatoms. The summed E-state index contributed by atoms with van der Waals surface area (Å²) in [5, 5.41) is -0.679. The van der Waals surface area contributed by atoms with E-state index in [0.717, 1.165) is 12.8 Å². The van der Waals surface area contributed by atoms with Crippen LogP contribution in [-0.2, 0) is 10.0 Å². The van der Waals surface area contributed by atoms with Gasteiger partial charge in [-0.15, -0.1) is 12.4 Å². The number of nitrogens with zero attached hydrogens (tertiary/aromatic N) is 1. The molecule has 0 saturated carbocycles. The van der Waals surface area contributed by atoms with Crippen molar-refractivity contribution < 1.29 is 12.8 Å². The summed E-state index contributed by atoms with van der Waals surface area (Å²) in [5.41, 5.74) is 5.63. The van der Waals surface area contributed by atoms with Crippen molar-refractivity contribution in [2.24, 2.45) is 5.73 Å². The average molecular weight is 378 g/mol. The van der Waals surface area contributed by atoms with Crippen LogP contribution in [0.3, 0.4) is 0 Å². The van der Waals surface area contributed by atoms with Gasteiger partial charge in [0.15, 0.2) is 5.82 Å². The Morgan fingerprint density at radius 1 is 1.33 bits per heavy atom. The zero-order valence-electron chi connectivity index (χ0n) is 11.1. The predicted molar refractivity (Wildman–Crippen MR) is 84.3 cm³/mol. The van der Waals surface area contributed by atoms with Crippen LogP contribution < -0.4 is 5.73 Å². The molecule has 0 radical (unpaired) electrons. The Labute approximate surface area is 139 Å². The SMILES string of the molecule is Cl.NCC1CCCCN1S(=O)(=O)c1ccc(Cl)c(F)c1Cl. The number of sulfonamides is 1. The van der Waals surface area contributed by atoms with Crippen LogP contribution in [0, 0.1) is 5.82 Å². The van der Waals surface area contributed by atoms with Gasteiger partial charge in [-0.05, 0) is 25.0 Å². The minimum atomic E-state index is -3.87. The monoisotopic (exact) mass is 376 g/mol. The van der Waals surface area contributed by atoms with E-state index in [2.05, 4.69) is 0 Å². The molecule has 0 amide bonds. The Kier molecular flexibility index (Phi) is 6.71. The fourth-order valence-corrected chi connectivity index (χ4v) is 4.79. The van der Waals surface area contributed by atoms with Crippen molar-refractivity contribution in [2.45, 2.75) is 30.2 Å². The van der Waals surface area contributed by atoms with Crippen molar-refractivity contribution in [3.8, 4) is 0 Å². The third-order valence-electron chi connectivity index (χ3n) is 3.43. The first kappa shape index (κ1) is 18.9. The third kappa shape index (κ3) is 3.63. The van der Waals surface area contributed by atoms with Crippen molar-refractivity contribution in [1.29, 1.82) is 0 Å². The molecule has 2 N–H and O–H groups in total. The van der Waals surface area contributed by atoms with E-state index in [-0.39, 0.29) is 34.9 Å². The highest BCUT2D eigenvalue weighted by molar-refractivity contribution is 7.89. The average Bonchev–Trinajstić information content (AvgIpc) is 2.44. The second-order valence-electron chi connectivity index (χ2n) is 4.67. The Hall–Kier alpha value is -0.110. The number of nitrogens with two attached hydrogens (primary N) is 1. The summed E-state index contributed by atoms with van der Waals surface area (Å²) >= 11 is 11.4. The molecule has 1 aromatic carbocycles. The molecular formula is C12H16Cl3FN2O2S. The predicted octanol–water partition coefficient (Wildman–Crippen LogP) is 3.06. The van der Waals surface area contributed by atoms with Gasteiger partial charge in [-0.25, -0.2) is 12.8 Å². The molecule has 0 spiro atoms. The summed E-state index contributed by atoms with van der Waals surface area (Å²) in [4.78, 5) is -0.263. The maximum Gasteiger partial charge on any atom is 0.244 e. The molecule has 4 nitrogen and oxygen atoms in total. The van der Waals surface area contributed by atoms with Gasteiger partial charge in [-0.2, -0.15) is 4.31 Å². The van der Waals surface area contributed by atoms with Gasteiger partial charge < -0.3 is 5.73 Å². The van der Waals surface area contributed by atoms with E-state index in [0.29, 0.717) is 13.0 Å². The van der Waals surface area contributed by atoms with Gasteiger partial charge >= 0.3 is 0 Å². The highest BCUT2D eigenvalue weighted by Gasteiger charge is 2.34. The first-order chi connectivity index (χ1) is 9.39. The van der Waals surface area contributed by atoms with Crippen molar-refractivity contribution in [3.05, 3.63) is 28.0 Å². The van der Waals surface area contributed by atoms with Crippen molar-refractivity contribution >= 4 is 45.6 Å². The Bertz CT molecular complexity index is 613. The summed E-state index contributed by atoms with van der Waals surface area (Å²) in [6.45, 7) is 0.595. The summed E-state index contributed by atoms with van der Waals surface area (Å²) in [5.74, 6) is -0.921. The highest BCUT2D eigenvalue weighted by Crippen LogP contribution is 2.33. The van der Waals surface area contributed by atoms with Gasteiger partial charge in [0.1, 0.15) is 4.90 Å². The zero-order valence-corrected chi connectivity index (χ0v) is 14.2. The molecule has 21 heavy (non-hydrogen) atoms. The van der Waals surface area contributed by atoms with Crippen LogP contribution in [-0.4, -0.2) is 31.9 Å². The van der Waals surface area contributed by atoms with Gasteiger partial charge in [-0.1, -0.05) is 29.6 Å². The van der Waals surface area contributed by atoms with Crippen LogP contribution in [0.2, 0.25) is 10.0 Å². The largest absolute Gasteiger partial charge is 0.329 e. The van der Waals surface area contributed by atoms with Crippen LogP contribution in [0.25, 0.3) is 0 Å². The van der Waals surface area contributed by atoms with Crippen LogP contribution in [0.15, 0.2) is 17.0 Å². The Morgan fingerprint density at radius 2 is 2.00 bits per heavy atom. The summed E-state index contributed by atoms with van der Waals surface area (Å²) in [7, 11) is -3.87. The van der Waals surface area contributed by atoms with Crippen LogP contribution >= 0.6 is 35.6 Å². The number of hydrogen-bond donors (Lipinski definition) is 1. The first-order valence-corrected chi connectivity index (χ1v) is 8.44. The molecule has 2 rings (SSSR count). The van der Waals surface area contributed by atoms with E-state index < -0.39 is 20.9 Å². The molecule has 0 aliphatic carbocycles. The first-order valence-electron chi connectivity index (χ1n) is 6.25. The molecule has 0 aromatic heterocycles. The molecule has 1 atom stereocenters. The topological polar surface area (TPSA) is 63.4 Å². The lowest BCUT2D eigenvalue weighted by molar-refractivity contribution is 0.257. The number of halogens is 4. The zero-order chi connectivity index (χ0) is 14.9. The van der Waals surface area contributed by atoms with Crippen LogP contribution in [0.1, 0.15) is 19.3 Å². The van der Waals surface area contributed by atoms with Crippen molar-refractivity contribution in [1.82, 2.24) is 4.31 Å². The van der Waals surface area contributed by atoms with Gasteiger partial charge in [0.25, 0.3) is 0 Å². The number of rotatable bonds is 3. The lowest BCUT2D eigenvalue weighted by Gasteiger charge is -2.34. The third-order valence-corrected chi connectivity index (χ3v) is 6.20. The number of hydrogen-bond acceptors (Lipinski definition) is 3. The van der Waals surface area contributed by atoms with Gasteiger partial charge in [-0.3, -0.25) is 0 Å². The fourth-order valence-electron chi connectivity index (χ4n) is 2.36. The van der Waals surface area contributed by atoms with E-state index in [9.17, 15) is 12.8 Å². The summed E-state index contributed by atoms with van der Waals surface area (Å²) in [6.07, 6.45) is 2.38. The lowest BCUT2D eigenvalue weighted by atomic mass is 10.1. The molecule has 120 valence electrons. The normalized spacial score (nSPS) is 20.1. The molecule has 1 heterocycles. The minimum Gasteiger partial charge on any atom is -0.329 e. The molecule has 1 aromatic rings. The number of benzene rings is 1.